The zero-order valence-electron chi connectivity index (χ0n) is 11.2. The summed E-state index contributed by atoms with van der Waals surface area (Å²) < 4.78 is 5.59. The van der Waals surface area contributed by atoms with Gasteiger partial charge in [0.1, 0.15) is 11.3 Å². The highest BCUT2D eigenvalue weighted by molar-refractivity contribution is 5.77. The van der Waals surface area contributed by atoms with Gasteiger partial charge in [0.05, 0.1) is 6.61 Å². The van der Waals surface area contributed by atoms with Crippen LogP contribution in [-0.4, -0.2) is 23.2 Å². The average molecular weight is 251 g/mol. The Hall–Kier alpha value is -1.55. The quantitative estimate of drug-likeness (QED) is 0.761. The Bertz CT molecular complexity index is 407. The zero-order chi connectivity index (χ0) is 13.8. The summed E-state index contributed by atoms with van der Waals surface area (Å²) in [5.74, 6) is -0.157. The predicted molar refractivity (Wildman–Crippen MR) is 70.9 cm³/mol. The van der Waals surface area contributed by atoms with Crippen molar-refractivity contribution in [2.75, 3.05) is 6.61 Å². The molecule has 0 saturated carbocycles. The van der Waals surface area contributed by atoms with Crippen LogP contribution in [0.2, 0.25) is 0 Å². The molecule has 0 saturated heterocycles. The first-order valence-electron chi connectivity index (χ1n) is 6.04. The lowest BCUT2D eigenvalue weighted by atomic mass is 9.98. The molecule has 0 aliphatic rings. The van der Waals surface area contributed by atoms with Crippen molar-refractivity contribution in [1.82, 2.24) is 0 Å². The number of carboxylic acids is 1. The van der Waals surface area contributed by atoms with E-state index in [9.17, 15) is 4.79 Å². The molecule has 4 nitrogen and oxygen atoms in total. The van der Waals surface area contributed by atoms with E-state index >= 15 is 0 Å². The average Bonchev–Trinajstić information content (AvgIpc) is 2.23. The summed E-state index contributed by atoms with van der Waals surface area (Å²) in [7, 11) is 0. The highest BCUT2D eigenvalue weighted by Crippen LogP contribution is 2.17. The van der Waals surface area contributed by atoms with Gasteiger partial charge < -0.3 is 15.6 Å². The van der Waals surface area contributed by atoms with Crippen LogP contribution < -0.4 is 10.5 Å². The van der Waals surface area contributed by atoms with E-state index in [1.54, 1.807) is 0 Å². The molecule has 18 heavy (non-hydrogen) atoms. The largest absolute Gasteiger partial charge is 0.494 e. The number of benzene rings is 1. The van der Waals surface area contributed by atoms with Crippen molar-refractivity contribution in [2.24, 2.45) is 5.73 Å². The lowest BCUT2D eigenvalue weighted by Gasteiger charge is -2.18. The maximum absolute atomic E-state index is 10.8. The van der Waals surface area contributed by atoms with E-state index in [-0.39, 0.29) is 0 Å². The third kappa shape index (κ3) is 4.37. The third-order valence-corrected chi connectivity index (χ3v) is 2.79. The molecule has 0 aromatic heterocycles. The van der Waals surface area contributed by atoms with Gasteiger partial charge in [0.15, 0.2) is 0 Å². The smallest absolute Gasteiger partial charge is 0.323 e. The number of hydrogen-bond acceptors (Lipinski definition) is 3. The van der Waals surface area contributed by atoms with Crippen LogP contribution in [0.4, 0.5) is 0 Å². The monoisotopic (exact) mass is 251 g/mol. The molecule has 0 radical (unpaired) electrons. The van der Waals surface area contributed by atoms with Crippen LogP contribution in [-0.2, 0) is 4.79 Å². The number of rotatable bonds is 6. The van der Waals surface area contributed by atoms with Gasteiger partial charge in [0.2, 0.25) is 0 Å². The molecule has 4 heteroatoms. The van der Waals surface area contributed by atoms with Crippen molar-refractivity contribution in [3.63, 3.8) is 0 Å². The summed E-state index contributed by atoms with van der Waals surface area (Å²) in [6.45, 7) is 6.03. The molecule has 0 spiro atoms. The second-order valence-corrected chi connectivity index (χ2v) is 5.00. The van der Waals surface area contributed by atoms with Crippen LogP contribution in [0.15, 0.2) is 18.2 Å². The SMILES string of the molecule is Cc1cc(C)cc(OCCCC(C)(N)C(=O)O)c1. The van der Waals surface area contributed by atoms with E-state index in [0.29, 0.717) is 19.4 Å². The topological polar surface area (TPSA) is 72.5 Å². The third-order valence-electron chi connectivity index (χ3n) is 2.79. The summed E-state index contributed by atoms with van der Waals surface area (Å²) in [6.07, 6.45) is 1.01. The highest BCUT2D eigenvalue weighted by atomic mass is 16.5. The first-order valence-corrected chi connectivity index (χ1v) is 6.04. The molecule has 1 rings (SSSR count). The highest BCUT2D eigenvalue weighted by Gasteiger charge is 2.26. The Morgan fingerprint density at radius 3 is 2.39 bits per heavy atom. The zero-order valence-corrected chi connectivity index (χ0v) is 11.2. The van der Waals surface area contributed by atoms with Crippen LogP contribution in [0, 0.1) is 13.8 Å². The van der Waals surface area contributed by atoms with Gasteiger partial charge in [-0.1, -0.05) is 6.07 Å². The van der Waals surface area contributed by atoms with Crippen LogP contribution >= 0.6 is 0 Å². The van der Waals surface area contributed by atoms with Gasteiger partial charge in [-0.3, -0.25) is 4.79 Å². The van der Waals surface area contributed by atoms with Crippen molar-refractivity contribution >= 4 is 5.97 Å². The van der Waals surface area contributed by atoms with E-state index in [4.69, 9.17) is 15.6 Å². The fourth-order valence-corrected chi connectivity index (χ4v) is 1.75. The van der Waals surface area contributed by atoms with Crippen molar-refractivity contribution in [3.05, 3.63) is 29.3 Å². The molecular weight excluding hydrogens is 230 g/mol. The van der Waals surface area contributed by atoms with Gasteiger partial charge in [0.25, 0.3) is 0 Å². The standard InChI is InChI=1S/C14H21NO3/c1-10-7-11(2)9-12(8-10)18-6-4-5-14(3,15)13(16)17/h7-9H,4-6,15H2,1-3H3,(H,16,17). The van der Waals surface area contributed by atoms with E-state index < -0.39 is 11.5 Å². The fraction of sp³-hybridized carbons (Fsp3) is 0.500. The maximum Gasteiger partial charge on any atom is 0.323 e. The maximum atomic E-state index is 10.8. The van der Waals surface area contributed by atoms with E-state index in [1.807, 2.05) is 26.0 Å². The van der Waals surface area contributed by atoms with Gasteiger partial charge in [-0.05, 0) is 56.9 Å². The van der Waals surface area contributed by atoms with E-state index in [0.717, 1.165) is 16.9 Å². The molecule has 1 atom stereocenters. The normalized spacial score (nSPS) is 14.0. The number of carboxylic acid groups (broad SMARTS) is 1. The Labute approximate surface area is 108 Å². The molecule has 0 fully saturated rings. The molecule has 3 N–H and O–H groups in total. The summed E-state index contributed by atoms with van der Waals surface area (Å²) in [5.41, 5.74) is 6.76. The molecule has 0 aliphatic carbocycles. The number of aliphatic carboxylic acids is 1. The molecule has 100 valence electrons. The summed E-state index contributed by atoms with van der Waals surface area (Å²) >= 11 is 0. The molecule has 0 aliphatic heterocycles. The van der Waals surface area contributed by atoms with Gasteiger partial charge in [-0.2, -0.15) is 0 Å². The Kier molecular flexibility index (Phi) is 4.73. The number of aryl methyl sites for hydroxylation is 2. The lowest BCUT2D eigenvalue weighted by molar-refractivity contribution is -0.142. The molecule has 0 amide bonds. The van der Waals surface area contributed by atoms with Crippen LogP contribution in [0.5, 0.6) is 5.75 Å². The van der Waals surface area contributed by atoms with Crippen molar-refractivity contribution in [1.29, 1.82) is 0 Å². The molecule has 0 bridgehead atoms. The van der Waals surface area contributed by atoms with Gasteiger partial charge in [-0.25, -0.2) is 0 Å². The number of hydrogen-bond donors (Lipinski definition) is 2. The Morgan fingerprint density at radius 1 is 1.33 bits per heavy atom. The Balaban J connectivity index is 2.40. The minimum atomic E-state index is -1.17. The van der Waals surface area contributed by atoms with Crippen LogP contribution in [0.3, 0.4) is 0 Å². The number of ether oxygens (including phenoxy) is 1. The second-order valence-electron chi connectivity index (χ2n) is 5.00. The van der Waals surface area contributed by atoms with Crippen molar-refractivity contribution in [2.45, 2.75) is 39.2 Å². The first kappa shape index (κ1) is 14.5. The number of carbonyl (C=O) groups is 1. The molecule has 1 aromatic carbocycles. The number of nitrogens with two attached hydrogens (primary N) is 1. The second kappa shape index (κ2) is 5.87. The van der Waals surface area contributed by atoms with Gasteiger partial charge >= 0.3 is 5.97 Å². The van der Waals surface area contributed by atoms with Crippen molar-refractivity contribution in [3.8, 4) is 5.75 Å². The lowest BCUT2D eigenvalue weighted by Crippen LogP contribution is -2.44. The minimum absolute atomic E-state index is 0.396. The minimum Gasteiger partial charge on any atom is -0.494 e. The van der Waals surface area contributed by atoms with Gasteiger partial charge in [-0.15, -0.1) is 0 Å². The van der Waals surface area contributed by atoms with Crippen molar-refractivity contribution < 1.29 is 14.6 Å². The molecule has 1 unspecified atom stereocenters. The summed E-state index contributed by atoms with van der Waals surface area (Å²) in [6, 6.07) is 6.01. The summed E-state index contributed by atoms with van der Waals surface area (Å²) in [4.78, 5) is 10.8. The van der Waals surface area contributed by atoms with E-state index in [1.165, 1.54) is 6.92 Å². The molecule has 1 aromatic rings. The van der Waals surface area contributed by atoms with Crippen LogP contribution in [0.1, 0.15) is 30.9 Å². The molecule has 0 heterocycles. The first-order chi connectivity index (χ1) is 8.31. The van der Waals surface area contributed by atoms with Gasteiger partial charge in [0, 0.05) is 0 Å². The predicted octanol–water partition coefficient (Wildman–Crippen LogP) is 2.26. The van der Waals surface area contributed by atoms with Crippen LogP contribution in [0.25, 0.3) is 0 Å². The Morgan fingerprint density at radius 2 is 1.89 bits per heavy atom. The van der Waals surface area contributed by atoms with E-state index in [2.05, 4.69) is 6.07 Å². The summed E-state index contributed by atoms with van der Waals surface area (Å²) in [5, 5.41) is 8.86. The molecular formula is C14H21NO3. The fourth-order valence-electron chi connectivity index (χ4n) is 1.75.